The summed E-state index contributed by atoms with van der Waals surface area (Å²) >= 11 is 0. The maximum atomic E-state index is 12.8. The van der Waals surface area contributed by atoms with Gasteiger partial charge in [0.25, 0.3) is 11.5 Å². The Morgan fingerprint density at radius 2 is 1.91 bits per heavy atom. The number of hydrogen-bond acceptors (Lipinski definition) is 2. The van der Waals surface area contributed by atoms with Gasteiger partial charge in [-0.25, -0.2) is 0 Å². The molecule has 1 aliphatic heterocycles. The van der Waals surface area contributed by atoms with Gasteiger partial charge in [0, 0.05) is 29.9 Å². The average molecular weight is 308 g/mol. The molecule has 4 heteroatoms. The van der Waals surface area contributed by atoms with Crippen LogP contribution in [0.1, 0.15) is 41.7 Å². The smallest absolute Gasteiger partial charge is 0.253 e. The normalized spacial score (nSPS) is 16.7. The molecule has 0 atom stereocenters. The standard InChI is InChI=1S/C19H20N2O2/c22-17-12-15(13-6-2-1-3-7-13)18(19(23)20-14-9-10-14)16-8-4-5-11-21(16)17/h1-3,6-7,12,14H,4-5,8-11H2,(H,20,23). The number of nitrogens with one attached hydrogen (secondary N) is 1. The Kier molecular flexibility index (Phi) is 3.52. The number of aromatic nitrogens is 1. The highest BCUT2D eigenvalue weighted by Gasteiger charge is 2.28. The van der Waals surface area contributed by atoms with Gasteiger partial charge in [0.15, 0.2) is 0 Å². The highest BCUT2D eigenvalue weighted by molar-refractivity contribution is 6.02. The SMILES string of the molecule is O=C(NC1CC1)c1c(-c2ccccc2)cc(=O)n2c1CCCC2. The molecule has 2 aromatic rings. The van der Waals surface area contributed by atoms with Gasteiger partial charge in [0.1, 0.15) is 0 Å². The second-order valence-electron chi connectivity index (χ2n) is 6.44. The number of nitrogens with zero attached hydrogens (tertiary/aromatic N) is 1. The summed E-state index contributed by atoms with van der Waals surface area (Å²) in [6.45, 7) is 0.715. The lowest BCUT2D eigenvalue weighted by Crippen LogP contribution is -2.34. The van der Waals surface area contributed by atoms with Crippen molar-refractivity contribution < 1.29 is 4.79 Å². The summed E-state index contributed by atoms with van der Waals surface area (Å²) in [5.74, 6) is -0.0306. The van der Waals surface area contributed by atoms with E-state index in [1.807, 2.05) is 30.3 Å². The number of carbonyl (C=O) groups is 1. The van der Waals surface area contributed by atoms with Crippen molar-refractivity contribution in [3.63, 3.8) is 0 Å². The van der Waals surface area contributed by atoms with Crippen LogP contribution in [0.2, 0.25) is 0 Å². The highest BCUT2D eigenvalue weighted by Crippen LogP contribution is 2.29. The molecule has 4 rings (SSSR count). The third-order valence-corrected chi connectivity index (χ3v) is 4.69. The largest absolute Gasteiger partial charge is 0.349 e. The van der Waals surface area contributed by atoms with Gasteiger partial charge in [-0.05, 0) is 37.7 Å². The van der Waals surface area contributed by atoms with E-state index in [1.54, 1.807) is 10.6 Å². The van der Waals surface area contributed by atoms with E-state index in [0.717, 1.165) is 48.9 Å². The molecule has 1 N–H and O–H groups in total. The van der Waals surface area contributed by atoms with Crippen LogP contribution in [0.5, 0.6) is 0 Å². The van der Waals surface area contributed by atoms with Crippen molar-refractivity contribution in [3.05, 3.63) is 58.0 Å². The van der Waals surface area contributed by atoms with Gasteiger partial charge >= 0.3 is 0 Å². The Labute approximate surface area is 135 Å². The molecular weight excluding hydrogens is 288 g/mol. The maximum Gasteiger partial charge on any atom is 0.253 e. The van der Waals surface area contributed by atoms with E-state index >= 15 is 0 Å². The topological polar surface area (TPSA) is 51.1 Å². The van der Waals surface area contributed by atoms with E-state index in [0.29, 0.717) is 18.2 Å². The van der Waals surface area contributed by atoms with Crippen molar-refractivity contribution in [2.24, 2.45) is 0 Å². The van der Waals surface area contributed by atoms with Crippen molar-refractivity contribution in [2.75, 3.05) is 0 Å². The third-order valence-electron chi connectivity index (χ3n) is 4.69. The van der Waals surface area contributed by atoms with E-state index in [-0.39, 0.29) is 11.5 Å². The predicted molar refractivity (Wildman–Crippen MR) is 89.6 cm³/mol. The second-order valence-corrected chi connectivity index (χ2v) is 6.44. The summed E-state index contributed by atoms with van der Waals surface area (Å²) < 4.78 is 1.79. The Balaban J connectivity index is 1.91. The predicted octanol–water partition coefficient (Wildman–Crippen LogP) is 2.74. The van der Waals surface area contributed by atoms with Crippen LogP contribution in [0.4, 0.5) is 0 Å². The summed E-state index contributed by atoms with van der Waals surface area (Å²) in [5.41, 5.74) is 3.30. The molecule has 1 aliphatic carbocycles. The molecule has 1 fully saturated rings. The molecule has 0 bridgehead atoms. The number of carbonyl (C=O) groups excluding carboxylic acids is 1. The first-order valence-electron chi connectivity index (χ1n) is 8.37. The zero-order valence-electron chi connectivity index (χ0n) is 13.0. The van der Waals surface area contributed by atoms with E-state index < -0.39 is 0 Å². The number of pyridine rings is 1. The number of benzene rings is 1. The molecule has 1 aromatic carbocycles. The van der Waals surface area contributed by atoms with Crippen LogP contribution >= 0.6 is 0 Å². The van der Waals surface area contributed by atoms with Gasteiger partial charge in [-0.3, -0.25) is 9.59 Å². The van der Waals surface area contributed by atoms with Crippen molar-refractivity contribution in [3.8, 4) is 11.1 Å². The molecule has 0 unspecified atom stereocenters. The molecule has 2 aliphatic rings. The number of hydrogen-bond donors (Lipinski definition) is 1. The van der Waals surface area contributed by atoms with Crippen molar-refractivity contribution in [1.82, 2.24) is 9.88 Å². The van der Waals surface area contributed by atoms with Crippen LogP contribution in [0, 0.1) is 0 Å². The first-order chi connectivity index (χ1) is 11.2. The van der Waals surface area contributed by atoms with Crippen LogP contribution in [0.3, 0.4) is 0 Å². The monoisotopic (exact) mass is 308 g/mol. The lowest BCUT2D eigenvalue weighted by Gasteiger charge is -2.23. The van der Waals surface area contributed by atoms with Crippen molar-refractivity contribution >= 4 is 5.91 Å². The summed E-state index contributed by atoms with van der Waals surface area (Å²) in [4.78, 5) is 25.3. The fraction of sp³-hybridized carbons (Fsp3) is 0.368. The number of rotatable bonds is 3. The molecule has 2 heterocycles. The number of fused-ring (bicyclic) bond motifs is 1. The molecular formula is C19H20N2O2. The molecule has 1 aromatic heterocycles. The van der Waals surface area contributed by atoms with Crippen LogP contribution in [0.25, 0.3) is 11.1 Å². The lowest BCUT2D eigenvalue weighted by atomic mass is 9.94. The van der Waals surface area contributed by atoms with Gasteiger partial charge in [-0.15, -0.1) is 0 Å². The molecule has 1 saturated carbocycles. The summed E-state index contributed by atoms with van der Waals surface area (Å²) in [6, 6.07) is 11.7. The Morgan fingerprint density at radius 1 is 1.13 bits per heavy atom. The van der Waals surface area contributed by atoms with Crippen molar-refractivity contribution in [1.29, 1.82) is 0 Å². The van der Waals surface area contributed by atoms with Crippen LogP contribution in [0.15, 0.2) is 41.2 Å². The zero-order chi connectivity index (χ0) is 15.8. The fourth-order valence-corrected chi connectivity index (χ4v) is 3.35. The Morgan fingerprint density at radius 3 is 2.65 bits per heavy atom. The molecule has 23 heavy (non-hydrogen) atoms. The van der Waals surface area contributed by atoms with Gasteiger partial charge in [0.2, 0.25) is 0 Å². The summed E-state index contributed by atoms with van der Waals surface area (Å²) in [5, 5.41) is 3.10. The van der Waals surface area contributed by atoms with E-state index in [1.165, 1.54) is 0 Å². The molecule has 4 nitrogen and oxygen atoms in total. The van der Waals surface area contributed by atoms with Crippen LogP contribution in [-0.4, -0.2) is 16.5 Å². The van der Waals surface area contributed by atoms with Crippen LogP contribution < -0.4 is 10.9 Å². The second kappa shape index (κ2) is 5.69. The van der Waals surface area contributed by atoms with Crippen molar-refractivity contribution in [2.45, 2.75) is 44.7 Å². The highest BCUT2D eigenvalue weighted by atomic mass is 16.2. The van der Waals surface area contributed by atoms with Gasteiger partial charge < -0.3 is 9.88 Å². The number of amides is 1. The van der Waals surface area contributed by atoms with Gasteiger partial charge in [0.05, 0.1) is 5.56 Å². The minimum atomic E-state index is -0.0306. The molecule has 0 radical (unpaired) electrons. The Hall–Kier alpha value is -2.36. The maximum absolute atomic E-state index is 12.8. The minimum absolute atomic E-state index is 0.00141. The van der Waals surface area contributed by atoms with E-state index in [9.17, 15) is 9.59 Å². The molecule has 118 valence electrons. The fourth-order valence-electron chi connectivity index (χ4n) is 3.35. The lowest BCUT2D eigenvalue weighted by molar-refractivity contribution is 0.0949. The first kappa shape index (κ1) is 14.2. The van der Waals surface area contributed by atoms with Gasteiger partial charge in [-0.1, -0.05) is 30.3 Å². The van der Waals surface area contributed by atoms with E-state index in [4.69, 9.17) is 0 Å². The zero-order valence-corrected chi connectivity index (χ0v) is 13.0. The Bertz CT molecular complexity index is 804. The quantitative estimate of drug-likeness (QED) is 0.948. The van der Waals surface area contributed by atoms with Crippen LogP contribution in [-0.2, 0) is 13.0 Å². The molecule has 0 spiro atoms. The summed E-state index contributed by atoms with van der Waals surface area (Å²) in [7, 11) is 0. The average Bonchev–Trinajstić information content (AvgIpc) is 3.39. The first-order valence-corrected chi connectivity index (χ1v) is 8.37. The minimum Gasteiger partial charge on any atom is -0.349 e. The third kappa shape index (κ3) is 2.69. The summed E-state index contributed by atoms with van der Waals surface area (Å²) in [6.07, 6.45) is 4.94. The van der Waals surface area contributed by atoms with E-state index in [2.05, 4.69) is 5.32 Å². The van der Waals surface area contributed by atoms with Gasteiger partial charge in [-0.2, -0.15) is 0 Å². The molecule has 1 amide bonds. The molecule has 0 saturated heterocycles.